The van der Waals surface area contributed by atoms with E-state index in [0.717, 1.165) is 5.56 Å². The molecule has 1 aliphatic rings. The van der Waals surface area contributed by atoms with Crippen LogP contribution in [0.15, 0.2) is 18.2 Å². The number of hydrogen-bond acceptors (Lipinski definition) is 1. The highest BCUT2D eigenvalue weighted by molar-refractivity contribution is 5.39. The molecule has 1 nitrogen and oxygen atoms in total. The zero-order valence-corrected chi connectivity index (χ0v) is 9.30. The van der Waals surface area contributed by atoms with Gasteiger partial charge in [0, 0.05) is 19.1 Å². The second kappa shape index (κ2) is 3.77. The van der Waals surface area contributed by atoms with E-state index < -0.39 is 11.7 Å². The van der Waals surface area contributed by atoms with Crippen molar-refractivity contribution >= 4 is 0 Å². The van der Waals surface area contributed by atoms with E-state index in [1.54, 1.807) is 6.07 Å². The molecule has 0 aromatic heterocycles. The van der Waals surface area contributed by atoms with Gasteiger partial charge in [-0.2, -0.15) is 13.2 Å². The fourth-order valence-electron chi connectivity index (χ4n) is 2.08. The van der Waals surface area contributed by atoms with Crippen molar-refractivity contribution in [3.8, 4) is 0 Å². The average molecular weight is 229 g/mol. The Labute approximate surface area is 92.9 Å². The van der Waals surface area contributed by atoms with Crippen molar-refractivity contribution in [2.24, 2.45) is 0 Å². The molecule has 88 valence electrons. The van der Waals surface area contributed by atoms with Gasteiger partial charge >= 0.3 is 6.18 Å². The number of alkyl halides is 3. The Morgan fingerprint density at radius 3 is 2.44 bits per heavy atom. The third-order valence-corrected chi connectivity index (χ3v) is 3.04. The van der Waals surface area contributed by atoms with E-state index in [2.05, 4.69) is 0 Å². The number of nitrogens with zero attached hydrogens (tertiary/aromatic N) is 1. The normalized spacial score (nSPS) is 16.9. The minimum absolute atomic E-state index is 0.272. The zero-order valence-electron chi connectivity index (χ0n) is 9.30. The summed E-state index contributed by atoms with van der Waals surface area (Å²) >= 11 is 0. The van der Waals surface area contributed by atoms with Crippen LogP contribution in [0.5, 0.6) is 0 Å². The molecule has 0 saturated carbocycles. The maximum absolute atomic E-state index is 12.8. The Hall–Kier alpha value is -1.03. The monoisotopic (exact) mass is 229 g/mol. The maximum Gasteiger partial charge on any atom is 0.416 e. The molecule has 0 N–H and O–H groups in total. The Kier molecular flexibility index (Phi) is 2.70. The number of rotatable bonds is 1. The lowest BCUT2D eigenvalue weighted by molar-refractivity contribution is -0.138. The molecule has 0 bridgehead atoms. The zero-order chi connectivity index (χ0) is 11.9. The minimum atomic E-state index is -4.24. The minimum Gasteiger partial charge on any atom is -0.292 e. The summed E-state index contributed by atoms with van der Waals surface area (Å²) in [5, 5.41) is 0. The molecule has 0 unspecified atom stereocenters. The highest BCUT2D eigenvalue weighted by atomic mass is 19.4. The van der Waals surface area contributed by atoms with Gasteiger partial charge in [-0.3, -0.25) is 4.90 Å². The number of fused-ring (bicyclic) bond motifs is 1. The van der Waals surface area contributed by atoms with Crippen molar-refractivity contribution in [2.75, 3.05) is 0 Å². The third kappa shape index (κ3) is 1.94. The summed E-state index contributed by atoms with van der Waals surface area (Å²) in [6, 6.07) is 4.72. The van der Waals surface area contributed by atoms with Gasteiger partial charge in [-0.15, -0.1) is 0 Å². The lowest BCUT2D eigenvalue weighted by Crippen LogP contribution is -2.24. The van der Waals surface area contributed by atoms with Crippen LogP contribution in [0.3, 0.4) is 0 Å². The van der Waals surface area contributed by atoms with Crippen molar-refractivity contribution in [1.29, 1.82) is 0 Å². The summed E-state index contributed by atoms with van der Waals surface area (Å²) in [7, 11) is 0. The molecule has 2 rings (SSSR count). The van der Waals surface area contributed by atoms with Crippen LogP contribution in [0.1, 0.15) is 30.5 Å². The van der Waals surface area contributed by atoms with Gasteiger partial charge in [0.25, 0.3) is 0 Å². The van der Waals surface area contributed by atoms with Crippen LogP contribution in [-0.2, 0) is 19.3 Å². The molecule has 0 aliphatic carbocycles. The number of hydrogen-bond donors (Lipinski definition) is 0. The van der Waals surface area contributed by atoms with Crippen molar-refractivity contribution in [2.45, 2.75) is 39.2 Å². The molecular weight excluding hydrogens is 215 g/mol. The smallest absolute Gasteiger partial charge is 0.292 e. The summed E-state index contributed by atoms with van der Waals surface area (Å²) in [5.41, 5.74) is 0.778. The van der Waals surface area contributed by atoms with Gasteiger partial charge in [0.2, 0.25) is 0 Å². The second-order valence-corrected chi connectivity index (χ2v) is 4.44. The van der Waals surface area contributed by atoms with E-state index in [1.165, 1.54) is 12.1 Å². The lowest BCUT2D eigenvalue weighted by Gasteiger charge is -2.19. The lowest BCUT2D eigenvalue weighted by atomic mass is 10.0. The van der Waals surface area contributed by atoms with Crippen molar-refractivity contribution in [3.63, 3.8) is 0 Å². The van der Waals surface area contributed by atoms with E-state index in [-0.39, 0.29) is 6.04 Å². The van der Waals surface area contributed by atoms with E-state index >= 15 is 0 Å². The van der Waals surface area contributed by atoms with Crippen LogP contribution in [0.4, 0.5) is 13.2 Å². The van der Waals surface area contributed by atoms with Crippen LogP contribution in [0, 0.1) is 0 Å². The molecule has 0 radical (unpaired) electrons. The summed E-state index contributed by atoms with van der Waals surface area (Å²) in [6.07, 6.45) is -4.24. The Bertz CT molecular complexity index is 396. The standard InChI is InChI=1S/C12H14F3N/c1-8(2)16-6-9-4-3-5-11(10(9)7-16)12(13,14)15/h3-5,8H,6-7H2,1-2H3. The molecule has 1 aromatic rings. The molecule has 16 heavy (non-hydrogen) atoms. The third-order valence-electron chi connectivity index (χ3n) is 3.04. The van der Waals surface area contributed by atoms with E-state index in [4.69, 9.17) is 0 Å². The highest BCUT2D eigenvalue weighted by Gasteiger charge is 2.36. The quantitative estimate of drug-likeness (QED) is 0.713. The fourth-order valence-corrected chi connectivity index (χ4v) is 2.08. The first kappa shape index (κ1) is 11.5. The second-order valence-electron chi connectivity index (χ2n) is 4.44. The first-order valence-corrected chi connectivity index (χ1v) is 5.31. The first-order valence-electron chi connectivity index (χ1n) is 5.31. The summed E-state index contributed by atoms with van der Waals surface area (Å²) in [5.74, 6) is 0. The molecular formula is C12H14F3N. The van der Waals surface area contributed by atoms with Crippen LogP contribution < -0.4 is 0 Å². The van der Waals surface area contributed by atoms with Crippen molar-refractivity contribution < 1.29 is 13.2 Å². The van der Waals surface area contributed by atoms with Crippen molar-refractivity contribution in [1.82, 2.24) is 4.90 Å². The highest BCUT2D eigenvalue weighted by Crippen LogP contribution is 2.37. The molecule has 0 fully saturated rings. The topological polar surface area (TPSA) is 3.24 Å². The Morgan fingerprint density at radius 1 is 1.19 bits per heavy atom. The average Bonchev–Trinajstić information content (AvgIpc) is 2.58. The maximum atomic E-state index is 12.8. The van der Waals surface area contributed by atoms with Gasteiger partial charge in [-0.25, -0.2) is 0 Å². The molecule has 4 heteroatoms. The first-order chi connectivity index (χ1) is 7.39. The molecule has 0 atom stereocenters. The molecule has 1 aliphatic heterocycles. The summed E-state index contributed by atoms with van der Waals surface area (Å²) in [4.78, 5) is 2.04. The van der Waals surface area contributed by atoms with Gasteiger partial charge in [0.1, 0.15) is 0 Å². The van der Waals surface area contributed by atoms with Gasteiger partial charge < -0.3 is 0 Å². The Balaban J connectivity index is 2.39. The summed E-state index contributed by atoms with van der Waals surface area (Å²) < 4.78 is 38.3. The summed E-state index contributed by atoms with van der Waals surface area (Å²) in [6.45, 7) is 5.03. The van der Waals surface area contributed by atoms with Crippen molar-refractivity contribution in [3.05, 3.63) is 34.9 Å². The van der Waals surface area contributed by atoms with E-state index in [0.29, 0.717) is 18.7 Å². The molecule has 0 spiro atoms. The van der Waals surface area contributed by atoms with E-state index in [1.807, 2.05) is 18.7 Å². The molecule has 1 heterocycles. The van der Waals surface area contributed by atoms with Gasteiger partial charge in [-0.05, 0) is 31.0 Å². The van der Waals surface area contributed by atoms with Crippen LogP contribution in [-0.4, -0.2) is 10.9 Å². The Morgan fingerprint density at radius 2 is 1.88 bits per heavy atom. The number of halogens is 3. The van der Waals surface area contributed by atoms with Gasteiger partial charge in [0.15, 0.2) is 0 Å². The number of benzene rings is 1. The van der Waals surface area contributed by atoms with E-state index in [9.17, 15) is 13.2 Å². The molecule has 0 saturated heterocycles. The van der Waals surface area contributed by atoms with Crippen LogP contribution in [0.25, 0.3) is 0 Å². The SMILES string of the molecule is CC(C)N1Cc2cccc(C(F)(F)F)c2C1. The van der Waals surface area contributed by atoms with Crippen LogP contribution in [0.2, 0.25) is 0 Å². The molecule has 1 aromatic carbocycles. The van der Waals surface area contributed by atoms with Gasteiger partial charge in [0.05, 0.1) is 5.56 Å². The predicted molar refractivity (Wildman–Crippen MR) is 55.8 cm³/mol. The predicted octanol–water partition coefficient (Wildman–Crippen LogP) is 3.43. The fraction of sp³-hybridized carbons (Fsp3) is 0.500. The molecule has 0 amide bonds. The largest absolute Gasteiger partial charge is 0.416 e. The van der Waals surface area contributed by atoms with Crippen LogP contribution >= 0.6 is 0 Å². The van der Waals surface area contributed by atoms with Gasteiger partial charge in [-0.1, -0.05) is 12.1 Å².